The summed E-state index contributed by atoms with van der Waals surface area (Å²) in [5.74, 6) is -1.48. The minimum Gasteiger partial charge on any atom is -0.432 e. The summed E-state index contributed by atoms with van der Waals surface area (Å²) in [4.78, 5) is 0. The Labute approximate surface area is 120 Å². The van der Waals surface area contributed by atoms with Crippen LogP contribution in [0.5, 0.6) is 5.75 Å². The van der Waals surface area contributed by atoms with Gasteiger partial charge in [-0.1, -0.05) is 6.07 Å². The Morgan fingerprint density at radius 1 is 1.05 bits per heavy atom. The number of benzene rings is 2. The third-order valence-corrected chi connectivity index (χ3v) is 2.82. The summed E-state index contributed by atoms with van der Waals surface area (Å²) in [6.07, 6.45) is 0. The van der Waals surface area contributed by atoms with Gasteiger partial charge >= 0.3 is 6.61 Å². The number of ether oxygens (including phenoxy) is 1. The highest BCUT2D eigenvalue weighted by atomic mass is 19.3. The molecule has 0 unspecified atom stereocenters. The molecule has 0 aliphatic rings. The second kappa shape index (κ2) is 5.95. The van der Waals surface area contributed by atoms with Crippen LogP contribution >= 0.6 is 0 Å². The van der Waals surface area contributed by atoms with Gasteiger partial charge in [-0.3, -0.25) is 0 Å². The molecule has 3 nitrogen and oxygen atoms in total. The van der Waals surface area contributed by atoms with E-state index in [-0.39, 0.29) is 5.69 Å². The van der Waals surface area contributed by atoms with Gasteiger partial charge in [-0.05, 0) is 37.1 Å². The highest BCUT2D eigenvalue weighted by molar-refractivity contribution is 5.74. The summed E-state index contributed by atoms with van der Waals surface area (Å²) in [7, 11) is 0. The molecule has 112 valence electrons. The van der Waals surface area contributed by atoms with Gasteiger partial charge in [0.05, 0.1) is 11.4 Å². The lowest BCUT2D eigenvalue weighted by molar-refractivity contribution is -0.0521. The van der Waals surface area contributed by atoms with Crippen molar-refractivity contribution in [3.05, 3.63) is 47.3 Å². The second-order valence-corrected chi connectivity index (χ2v) is 4.75. The molecule has 0 fully saturated rings. The number of halogens is 3. The summed E-state index contributed by atoms with van der Waals surface area (Å²) >= 11 is 0. The molecule has 0 saturated heterocycles. The Kier molecular flexibility index (Phi) is 4.26. The molecule has 0 heterocycles. The lowest BCUT2D eigenvalue weighted by atomic mass is 10.1. The van der Waals surface area contributed by atoms with Crippen molar-refractivity contribution in [1.82, 2.24) is 0 Å². The fourth-order valence-corrected chi connectivity index (χ4v) is 2.07. The van der Waals surface area contributed by atoms with Crippen LogP contribution in [0.15, 0.2) is 30.3 Å². The standard InChI is InChI=1S/C15H15F3N2O/c1-8-3-9(2)5-10(4-8)20-13-7-14(21-15(17)18)11(16)6-12(13)19/h3-7,15,20H,19H2,1-2H3. The summed E-state index contributed by atoms with van der Waals surface area (Å²) in [6.45, 7) is 0.756. The Balaban J connectivity index is 2.34. The molecule has 0 saturated carbocycles. The predicted molar refractivity (Wildman–Crippen MR) is 76.6 cm³/mol. The Hall–Kier alpha value is -2.37. The van der Waals surface area contributed by atoms with Gasteiger partial charge in [-0.25, -0.2) is 4.39 Å². The van der Waals surface area contributed by atoms with E-state index in [4.69, 9.17) is 5.73 Å². The van der Waals surface area contributed by atoms with Crippen LogP contribution in [-0.2, 0) is 0 Å². The highest BCUT2D eigenvalue weighted by Crippen LogP contribution is 2.31. The van der Waals surface area contributed by atoms with Crippen molar-refractivity contribution in [2.75, 3.05) is 11.1 Å². The van der Waals surface area contributed by atoms with E-state index in [1.54, 1.807) is 0 Å². The smallest absolute Gasteiger partial charge is 0.387 e. The zero-order valence-corrected chi connectivity index (χ0v) is 11.6. The summed E-state index contributed by atoms with van der Waals surface area (Å²) in [5.41, 5.74) is 8.90. The Morgan fingerprint density at radius 2 is 1.67 bits per heavy atom. The van der Waals surface area contributed by atoms with Crippen molar-refractivity contribution in [2.24, 2.45) is 0 Å². The SMILES string of the molecule is Cc1cc(C)cc(Nc2cc(OC(F)F)c(F)cc2N)c1. The van der Waals surface area contributed by atoms with Crippen LogP contribution in [0.4, 0.5) is 30.2 Å². The summed E-state index contributed by atoms with van der Waals surface area (Å²) < 4.78 is 42.1. The van der Waals surface area contributed by atoms with Crippen LogP contribution in [0.3, 0.4) is 0 Å². The maximum atomic E-state index is 13.5. The Morgan fingerprint density at radius 3 is 2.24 bits per heavy atom. The maximum Gasteiger partial charge on any atom is 0.387 e. The molecule has 0 radical (unpaired) electrons. The summed E-state index contributed by atoms with van der Waals surface area (Å²) in [6, 6.07) is 7.79. The van der Waals surface area contributed by atoms with Crippen LogP contribution in [0.2, 0.25) is 0 Å². The molecule has 0 bridgehead atoms. The summed E-state index contributed by atoms with van der Waals surface area (Å²) in [5, 5.41) is 2.98. The molecule has 6 heteroatoms. The first-order valence-corrected chi connectivity index (χ1v) is 6.24. The molecule has 0 aliphatic carbocycles. The van der Waals surface area contributed by atoms with E-state index in [0.717, 1.165) is 28.9 Å². The zero-order valence-electron chi connectivity index (χ0n) is 11.6. The van der Waals surface area contributed by atoms with Crippen LogP contribution < -0.4 is 15.8 Å². The van der Waals surface area contributed by atoms with Gasteiger partial charge in [0.25, 0.3) is 0 Å². The lowest BCUT2D eigenvalue weighted by Crippen LogP contribution is -2.06. The van der Waals surface area contributed by atoms with Gasteiger partial charge in [0.1, 0.15) is 0 Å². The average molecular weight is 296 g/mol. The van der Waals surface area contributed by atoms with Gasteiger partial charge in [-0.2, -0.15) is 8.78 Å². The predicted octanol–water partition coefficient (Wildman–Crippen LogP) is 4.37. The number of hydrogen-bond donors (Lipinski definition) is 2. The number of rotatable bonds is 4. The van der Waals surface area contributed by atoms with Gasteiger partial charge in [0, 0.05) is 17.8 Å². The topological polar surface area (TPSA) is 47.3 Å². The van der Waals surface area contributed by atoms with Crippen molar-refractivity contribution >= 4 is 17.1 Å². The van der Waals surface area contributed by atoms with Crippen molar-refractivity contribution in [1.29, 1.82) is 0 Å². The zero-order chi connectivity index (χ0) is 15.6. The largest absolute Gasteiger partial charge is 0.432 e. The van der Waals surface area contributed by atoms with Crippen LogP contribution in [0.1, 0.15) is 11.1 Å². The first-order chi connectivity index (χ1) is 9.85. The molecule has 0 atom stereocenters. The van der Waals surface area contributed by atoms with Crippen LogP contribution in [0.25, 0.3) is 0 Å². The monoisotopic (exact) mass is 296 g/mol. The van der Waals surface area contributed by atoms with E-state index in [1.807, 2.05) is 32.0 Å². The number of nitrogen functional groups attached to an aromatic ring is 1. The molecule has 3 N–H and O–H groups in total. The molecule has 0 spiro atoms. The minimum absolute atomic E-state index is 0.105. The second-order valence-electron chi connectivity index (χ2n) is 4.75. The lowest BCUT2D eigenvalue weighted by Gasteiger charge is -2.14. The quantitative estimate of drug-likeness (QED) is 0.824. The van der Waals surface area contributed by atoms with Crippen molar-refractivity contribution in [3.8, 4) is 5.75 Å². The van der Waals surface area contributed by atoms with Crippen molar-refractivity contribution in [3.63, 3.8) is 0 Å². The van der Waals surface area contributed by atoms with Crippen molar-refractivity contribution < 1.29 is 17.9 Å². The van der Waals surface area contributed by atoms with Gasteiger partial charge in [0.15, 0.2) is 11.6 Å². The van der Waals surface area contributed by atoms with Gasteiger partial charge in [-0.15, -0.1) is 0 Å². The molecule has 0 amide bonds. The highest BCUT2D eigenvalue weighted by Gasteiger charge is 2.13. The number of nitrogens with one attached hydrogen (secondary N) is 1. The van der Waals surface area contributed by atoms with Gasteiger partial charge < -0.3 is 15.8 Å². The average Bonchev–Trinajstić information content (AvgIpc) is 2.33. The number of anilines is 3. The molecular formula is C15H15F3N2O. The normalized spacial score (nSPS) is 10.8. The number of hydrogen-bond acceptors (Lipinski definition) is 3. The van der Waals surface area contributed by atoms with E-state index in [1.165, 1.54) is 0 Å². The van der Waals surface area contributed by atoms with Crippen LogP contribution in [0, 0.1) is 19.7 Å². The third kappa shape index (κ3) is 3.81. The van der Waals surface area contributed by atoms with E-state index in [9.17, 15) is 13.2 Å². The van der Waals surface area contributed by atoms with E-state index < -0.39 is 18.2 Å². The van der Waals surface area contributed by atoms with Crippen molar-refractivity contribution in [2.45, 2.75) is 20.5 Å². The maximum absolute atomic E-state index is 13.5. The number of nitrogens with two attached hydrogens (primary N) is 1. The molecule has 21 heavy (non-hydrogen) atoms. The first kappa shape index (κ1) is 15.0. The molecule has 2 aromatic carbocycles. The fraction of sp³-hybridized carbons (Fsp3) is 0.200. The van der Waals surface area contributed by atoms with E-state index >= 15 is 0 Å². The molecule has 0 aliphatic heterocycles. The van der Waals surface area contributed by atoms with Crippen LogP contribution in [-0.4, -0.2) is 6.61 Å². The minimum atomic E-state index is -3.10. The third-order valence-electron chi connectivity index (χ3n) is 2.82. The van der Waals surface area contributed by atoms with Gasteiger partial charge in [0.2, 0.25) is 0 Å². The number of alkyl halides is 2. The van der Waals surface area contributed by atoms with E-state index in [0.29, 0.717) is 5.69 Å². The molecule has 0 aromatic heterocycles. The molecular weight excluding hydrogens is 281 g/mol. The molecule has 2 aromatic rings. The fourth-order valence-electron chi connectivity index (χ4n) is 2.07. The Bertz CT molecular complexity index is 639. The number of aryl methyl sites for hydroxylation is 2. The first-order valence-electron chi connectivity index (χ1n) is 6.24. The molecule has 2 rings (SSSR count). The van der Waals surface area contributed by atoms with E-state index in [2.05, 4.69) is 10.1 Å².